The molecule has 0 atom stereocenters. The van der Waals surface area contributed by atoms with Crippen molar-refractivity contribution < 1.29 is 14.3 Å². The first kappa shape index (κ1) is 19.7. The quantitative estimate of drug-likeness (QED) is 0.376. The second kappa shape index (κ2) is 8.11. The van der Waals surface area contributed by atoms with Crippen molar-refractivity contribution in [2.75, 3.05) is 13.7 Å². The SMILES string of the molecule is CCOC(=O)c1cccc(-n2c(-c3ccc(OC)cc3)nc3nc4ccccc4nc32)c1. The van der Waals surface area contributed by atoms with Gasteiger partial charge in [-0.1, -0.05) is 18.2 Å². The summed E-state index contributed by atoms with van der Waals surface area (Å²) in [6.07, 6.45) is 0. The van der Waals surface area contributed by atoms with Crippen molar-refractivity contribution in [2.24, 2.45) is 0 Å². The summed E-state index contributed by atoms with van der Waals surface area (Å²) in [5, 5.41) is 0. The van der Waals surface area contributed by atoms with E-state index in [0.29, 0.717) is 29.3 Å². The molecule has 0 N–H and O–H groups in total. The van der Waals surface area contributed by atoms with Gasteiger partial charge in [0.25, 0.3) is 0 Å². The van der Waals surface area contributed by atoms with E-state index in [4.69, 9.17) is 24.4 Å². The molecule has 0 radical (unpaired) electrons. The summed E-state index contributed by atoms with van der Waals surface area (Å²) in [5.74, 6) is 1.04. The smallest absolute Gasteiger partial charge is 0.338 e. The molecule has 0 amide bonds. The van der Waals surface area contributed by atoms with E-state index in [1.165, 1.54) is 0 Å². The van der Waals surface area contributed by atoms with Crippen molar-refractivity contribution in [3.8, 4) is 22.8 Å². The third-order valence-electron chi connectivity index (χ3n) is 5.13. The minimum Gasteiger partial charge on any atom is -0.497 e. The normalized spacial score (nSPS) is 11.1. The Hall–Kier alpha value is -4.26. The highest BCUT2D eigenvalue weighted by atomic mass is 16.5. The topological polar surface area (TPSA) is 79.1 Å². The predicted molar refractivity (Wildman–Crippen MR) is 122 cm³/mol. The molecule has 158 valence electrons. The molecule has 0 spiro atoms. The molecule has 0 unspecified atom stereocenters. The lowest BCUT2D eigenvalue weighted by atomic mass is 10.1. The number of carbonyl (C=O) groups excluding carboxylic acids is 1. The van der Waals surface area contributed by atoms with E-state index >= 15 is 0 Å². The predicted octanol–water partition coefficient (Wildman–Crippen LogP) is 4.82. The molecule has 32 heavy (non-hydrogen) atoms. The van der Waals surface area contributed by atoms with Crippen LogP contribution < -0.4 is 4.74 Å². The summed E-state index contributed by atoms with van der Waals surface area (Å²) in [6.45, 7) is 2.10. The van der Waals surface area contributed by atoms with Gasteiger partial charge >= 0.3 is 5.97 Å². The number of ether oxygens (including phenoxy) is 2. The fraction of sp³-hybridized carbons (Fsp3) is 0.120. The van der Waals surface area contributed by atoms with E-state index in [2.05, 4.69) is 0 Å². The van der Waals surface area contributed by atoms with E-state index in [1.54, 1.807) is 26.2 Å². The lowest BCUT2D eigenvalue weighted by molar-refractivity contribution is 0.0526. The maximum absolute atomic E-state index is 12.3. The number of fused-ring (bicyclic) bond motifs is 2. The molecule has 3 aromatic carbocycles. The van der Waals surface area contributed by atoms with E-state index in [0.717, 1.165) is 28.0 Å². The standard InChI is InChI=1S/C25H20N4O3/c1-3-32-25(30)17-7-6-8-18(15-17)29-23(16-11-13-19(31-2)14-12-16)28-22-24(29)27-21-10-5-4-9-20(21)26-22/h4-15H,3H2,1-2H3. The molecule has 0 fully saturated rings. The van der Waals surface area contributed by atoms with E-state index in [1.807, 2.05) is 65.2 Å². The Labute approximate surface area is 184 Å². The van der Waals surface area contributed by atoms with Crippen molar-refractivity contribution in [1.82, 2.24) is 19.5 Å². The number of rotatable bonds is 5. The second-order valence-corrected chi connectivity index (χ2v) is 7.13. The van der Waals surface area contributed by atoms with E-state index in [9.17, 15) is 4.79 Å². The van der Waals surface area contributed by atoms with Gasteiger partial charge in [0, 0.05) is 5.56 Å². The Morgan fingerprint density at radius 2 is 1.66 bits per heavy atom. The minimum atomic E-state index is -0.374. The number of hydrogen-bond donors (Lipinski definition) is 0. The van der Waals surface area contributed by atoms with Crippen LogP contribution in [0.25, 0.3) is 39.4 Å². The van der Waals surface area contributed by atoms with Gasteiger partial charge < -0.3 is 9.47 Å². The van der Waals surface area contributed by atoms with Crippen molar-refractivity contribution in [2.45, 2.75) is 6.92 Å². The van der Waals surface area contributed by atoms with Gasteiger partial charge in [0.1, 0.15) is 11.6 Å². The molecule has 2 aromatic heterocycles. The van der Waals surface area contributed by atoms with Crippen molar-refractivity contribution in [3.63, 3.8) is 0 Å². The Morgan fingerprint density at radius 3 is 2.38 bits per heavy atom. The number of esters is 1. The molecule has 0 saturated carbocycles. The maximum atomic E-state index is 12.3. The fourth-order valence-corrected chi connectivity index (χ4v) is 3.62. The van der Waals surface area contributed by atoms with Gasteiger partial charge in [-0.3, -0.25) is 4.57 Å². The van der Waals surface area contributed by atoms with E-state index in [-0.39, 0.29) is 5.97 Å². The van der Waals surface area contributed by atoms with Crippen LogP contribution in [-0.4, -0.2) is 39.2 Å². The number of hydrogen-bond acceptors (Lipinski definition) is 6. The molecule has 7 heteroatoms. The molecule has 2 heterocycles. The van der Waals surface area contributed by atoms with Crippen LogP contribution in [0, 0.1) is 0 Å². The molecule has 5 aromatic rings. The van der Waals surface area contributed by atoms with Crippen LogP contribution in [0.4, 0.5) is 0 Å². The molecule has 0 aliphatic rings. The molecule has 7 nitrogen and oxygen atoms in total. The average Bonchev–Trinajstić information content (AvgIpc) is 3.21. The molecule has 5 rings (SSSR count). The first-order valence-electron chi connectivity index (χ1n) is 10.2. The molecule has 0 aliphatic carbocycles. The van der Waals surface area contributed by atoms with Crippen LogP contribution in [0.3, 0.4) is 0 Å². The highest BCUT2D eigenvalue weighted by Crippen LogP contribution is 2.29. The molecular weight excluding hydrogens is 404 g/mol. The lowest BCUT2D eigenvalue weighted by Gasteiger charge is -2.11. The maximum Gasteiger partial charge on any atom is 0.338 e. The number of imidazole rings is 1. The zero-order valence-electron chi connectivity index (χ0n) is 17.6. The van der Waals surface area contributed by atoms with Crippen LogP contribution in [0.2, 0.25) is 0 Å². The van der Waals surface area contributed by atoms with Gasteiger partial charge in [-0.25, -0.2) is 19.7 Å². The van der Waals surface area contributed by atoms with Gasteiger partial charge in [0.15, 0.2) is 11.3 Å². The number of carbonyl (C=O) groups is 1. The Kier molecular flexibility index (Phi) is 4.99. The molecular formula is C25H20N4O3. The van der Waals surface area contributed by atoms with Crippen LogP contribution in [0.15, 0.2) is 72.8 Å². The summed E-state index contributed by atoms with van der Waals surface area (Å²) in [5.41, 5.74) is 4.74. The Bertz CT molecular complexity index is 1440. The third kappa shape index (κ3) is 3.43. The summed E-state index contributed by atoms with van der Waals surface area (Å²) >= 11 is 0. The average molecular weight is 424 g/mol. The van der Waals surface area contributed by atoms with Gasteiger partial charge in [-0.2, -0.15) is 0 Å². The van der Waals surface area contributed by atoms with Crippen LogP contribution in [0.1, 0.15) is 17.3 Å². The summed E-state index contributed by atoms with van der Waals surface area (Å²) in [7, 11) is 1.63. The third-order valence-corrected chi connectivity index (χ3v) is 5.13. The van der Waals surface area contributed by atoms with Crippen LogP contribution >= 0.6 is 0 Å². The van der Waals surface area contributed by atoms with Crippen LogP contribution in [-0.2, 0) is 4.74 Å². The van der Waals surface area contributed by atoms with Crippen molar-refractivity contribution in [1.29, 1.82) is 0 Å². The van der Waals surface area contributed by atoms with E-state index < -0.39 is 0 Å². The van der Waals surface area contributed by atoms with Crippen molar-refractivity contribution in [3.05, 3.63) is 78.4 Å². The summed E-state index contributed by atoms with van der Waals surface area (Å²) in [4.78, 5) is 26.7. The van der Waals surface area contributed by atoms with Crippen molar-refractivity contribution >= 4 is 28.3 Å². The number of aromatic nitrogens is 4. The zero-order chi connectivity index (χ0) is 22.1. The molecule has 0 bridgehead atoms. The Morgan fingerprint density at radius 1 is 0.906 bits per heavy atom. The Balaban J connectivity index is 1.77. The largest absolute Gasteiger partial charge is 0.497 e. The number of para-hydroxylation sites is 2. The van der Waals surface area contributed by atoms with Gasteiger partial charge in [0.05, 0.1) is 36.0 Å². The van der Waals surface area contributed by atoms with Gasteiger partial charge in [0.2, 0.25) is 0 Å². The number of benzene rings is 3. The highest BCUT2D eigenvalue weighted by Gasteiger charge is 2.19. The van der Waals surface area contributed by atoms with Gasteiger partial charge in [-0.15, -0.1) is 0 Å². The first-order chi connectivity index (χ1) is 15.7. The molecule has 0 aliphatic heterocycles. The monoisotopic (exact) mass is 424 g/mol. The molecule has 0 saturated heterocycles. The number of nitrogens with zero attached hydrogens (tertiary/aromatic N) is 4. The fourth-order valence-electron chi connectivity index (χ4n) is 3.62. The number of methoxy groups -OCH3 is 1. The zero-order valence-corrected chi connectivity index (χ0v) is 17.6. The second-order valence-electron chi connectivity index (χ2n) is 7.13. The minimum absolute atomic E-state index is 0.311. The summed E-state index contributed by atoms with van der Waals surface area (Å²) in [6, 6.07) is 22.6. The first-order valence-corrected chi connectivity index (χ1v) is 10.2. The van der Waals surface area contributed by atoms with Crippen LogP contribution in [0.5, 0.6) is 5.75 Å². The summed E-state index contributed by atoms with van der Waals surface area (Å²) < 4.78 is 12.4. The van der Waals surface area contributed by atoms with Gasteiger partial charge in [-0.05, 0) is 61.5 Å². The lowest BCUT2D eigenvalue weighted by Crippen LogP contribution is -2.06. The highest BCUT2D eigenvalue weighted by molar-refractivity contribution is 5.91.